The quantitative estimate of drug-likeness (QED) is 0.718. The highest BCUT2D eigenvalue weighted by Gasteiger charge is 2.15. The molecule has 5 heteroatoms. The highest BCUT2D eigenvalue weighted by Crippen LogP contribution is 2.14. The second-order valence-corrected chi connectivity index (χ2v) is 3.84. The zero-order valence-corrected chi connectivity index (χ0v) is 9.17. The average molecular weight is 220 g/mol. The Labute approximate surface area is 94.9 Å². The van der Waals surface area contributed by atoms with Gasteiger partial charge in [-0.3, -0.25) is 9.78 Å². The minimum atomic E-state index is 0.471. The van der Waals surface area contributed by atoms with Gasteiger partial charge in [0.1, 0.15) is 0 Å². The number of anilines is 1. The van der Waals surface area contributed by atoms with E-state index in [1.165, 1.54) is 0 Å². The first-order chi connectivity index (χ1) is 7.83. The van der Waals surface area contributed by atoms with Gasteiger partial charge in [0.05, 0.1) is 17.6 Å². The zero-order chi connectivity index (χ0) is 11.4. The van der Waals surface area contributed by atoms with Crippen LogP contribution in [0.4, 0.5) is 5.69 Å². The molecule has 2 heterocycles. The molecule has 0 atom stereocenters. The SMILES string of the molecule is NCc1ccc(N2CCN(C=O)CC2)cn1. The van der Waals surface area contributed by atoms with Crippen LogP contribution in [0.25, 0.3) is 0 Å². The van der Waals surface area contributed by atoms with Crippen molar-refractivity contribution in [2.75, 3.05) is 31.1 Å². The molecule has 0 radical (unpaired) electrons. The third-order valence-corrected chi connectivity index (χ3v) is 2.85. The lowest BCUT2D eigenvalue weighted by Gasteiger charge is -2.33. The minimum absolute atomic E-state index is 0.471. The summed E-state index contributed by atoms with van der Waals surface area (Å²) in [5.41, 5.74) is 7.49. The predicted octanol–water partition coefficient (Wildman–Crippen LogP) is -0.181. The first-order valence-corrected chi connectivity index (χ1v) is 5.43. The molecular formula is C11H16N4O. The van der Waals surface area contributed by atoms with E-state index in [0.29, 0.717) is 6.54 Å². The highest BCUT2D eigenvalue weighted by molar-refractivity contribution is 5.50. The van der Waals surface area contributed by atoms with Crippen molar-refractivity contribution in [3.63, 3.8) is 0 Å². The van der Waals surface area contributed by atoms with E-state index in [-0.39, 0.29) is 0 Å². The number of pyridine rings is 1. The summed E-state index contributed by atoms with van der Waals surface area (Å²) >= 11 is 0. The summed E-state index contributed by atoms with van der Waals surface area (Å²) in [7, 11) is 0. The Morgan fingerprint density at radius 2 is 2.06 bits per heavy atom. The molecule has 16 heavy (non-hydrogen) atoms. The molecule has 1 aromatic rings. The first kappa shape index (κ1) is 10.9. The Hall–Kier alpha value is -1.62. The van der Waals surface area contributed by atoms with E-state index in [1.807, 2.05) is 18.3 Å². The van der Waals surface area contributed by atoms with Crippen LogP contribution in [0.2, 0.25) is 0 Å². The van der Waals surface area contributed by atoms with Crippen LogP contribution in [0, 0.1) is 0 Å². The fourth-order valence-corrected chi connectivity index (χ4v) is 1.81. The fourth-order valence-electron chi connectivity index (χ4n) is 1.81. The van der Waals surface area contributed by atoms with Gasteiger partial charge in [-0.1, -0.05) is 0 Å². The number of rotatable bonds is 3. The van der Waals surface area contributed by atoms with Crippen LogP contribution in [0.3, 0.4) is 0 Å². The number of piperazine rings is 1. The number of carbonyl (C=O) groups excluding carboxylic acids is 1. The molecule has 1 amide bonds. The molecule has 1 aromatic heterocycles. The van der Waals surface area contributed by atoms with Crippen molar-refractivity contribution >= 4 is 12.1 Å². The summed E-state index contributed by atoms with van der Waals surface area (Å²) in [4.78, 5) is 18.8. The molecule has 1 fully saturated rings. The van der Waals surface area contributed by atoms with E-state index in [9.17, 15) is 4.79 Å². The Morgan fingerprint density at radius 3 is 2.56 bits per heavy atom. The van der Waals surface area contributed by atoms with Crippen molar-refractivity contribution in [3.05, 3.63) is 24.0 Å². The number of hydrogen-bond donors (Lipinski definition) is 1. The molecule has 1 aliphatic rings. The lowest BCUT2D eigenvalue weighted by atomic mass is 10.2. The molecule has 0 saturated carbocycles. The van der Waals surface area contributed by atoms with Crippen LogP contribution in [-0.4, -0.2) is 42.5 Å². The number of aromatic nitrogens is 1. The average Bonchev–Trinajstić information content (AvgIpc) is 2.39. The van der Waals surface area contributed by atoms with Crippen molar-refractivity contribution in [1.82, 2.24) is 9.88 Å². The molecule has 2 rings (SSSR count). The second-order valence-electron chi connectivity index (χ2n) is 3.84. The lowest BCUT2D eigenvalue weighted by Crippen LogP contribution is -2.45. The minimum Gasteiger partial charge on any atom is -0.367 e. The summed E-state index contributed by atoms with van der Waals surface area (Å²) in [6.07, 6.45) is 2.76. The van der Waals surface area contributed by atoms with Crippen LogP contribution >= 0.6 is 0 Å². The fraction of sp³-hybridized carbons (Fsp3) is 0.455. The van der Waals surface area contributed by atoms with E-state index in [4.69, 9.17) is 5.73 Å². The monoisotopic (exact) mass is 220 g/mol. The first-order valence-electron chi connectivity index (χ1n) is 5.43. The van der Waals surface area contributed by atoms with Crippen molar-refractivity contribution in [2.45, 2.75) is 6.54 Å². The number of carbonyl (C=O) groups is 1. The van der Waals surface area contributed by atoms with Gasteiger partial charge in [-0.15, -0.1) is 0 Å². The highest BCUT2D eigenvalue weighted by atomic mass is 16.1. The molecule has 1 saturated heterocycles. The van der Waals surface area contributed by atoms with E-state index in [1.54, 1.807) is 4.90 Å². The molecular weight excluding hydrogens is 204 g/mol. The van der Waals surface area contributed by atoms with Gasteiger partial charge in [0.15, 0.2) is 0 Å². The Morgan fingerprint density at radius 1 is 1.31 bits per heavy atom. The van der Waals surface area contributed by atoms with Gasteiger partial charge in [0.25, 0.3) is 0 Å². The smallest absolute Gasteiger partial charge is 0.209 e. The van der Waals surface area contributed by atoms with Crippen LogP contribution in [0.1, 0.15) is 5.69 Å². The number of nitrogens with zero attached hydrogens (tertiary/aromatic N) is 3. The van der Waals surface area contributed by atoms with Crippen molar-refractivity contribution in [2.24, 2.45) is 5.73 Å². The van der Waals surface area contributed by atoms with Gasteiger partial charge in [0, 0.05) is 32.7 Å². The Bertz CT molecular complexity index is 344. The van der Waals surface area contributed by atoms with Crippen LogP contribution < -0.4 is 10.6 Å². The van der Waals surface area contributed by atoms with Gasteiger partial charge in [-0.05, 0) is 12.1 Å². The number of amides is 1. The van der Waals surface area contributed by atoms with Crippen LogP contribution in [0.5, 0.6) is 0 Å². The summed E-state index contributed by atoms with van der Waals surface area (Å²) in [5, 5.41) is 0. The lowest BCUT2D eigenvalue weighted by molar-refractivity contribution is -0.118. The third-order valence-electron chi connectivity index (χ3n) is 2.85. The molecule has 0 spiro atoms. The molecule has 5 nitrogen and oxygen atoms in total. The Balaban J connectivity index is 1.99. The van der Waals surface area contributed by atoms with Crippen molar-refractivity contribution in [3.8, 4) is 0 Å². The van der Waals surface area contributed by atoms with E-state index in [0.717, 1.165) is 44.0 Å². The zero-order valence-electron chi connectivity index (χ0n) is 9.17. The predicted molar refractivity (Wildman–Crippen MR) is 62.0 cm³/mol. The van der Waals surface area contributed by atoms with Crippen molar-refractivity contribution in [1.29, 1.82) is 0 Å². The normalized spacial score (nSPS) is 16.3. The molecule has 0 aliphatic carbocycles. The largest absolute Gasteiger partial charge is 0.367 e. The topological polar surface area (TPSA) is 62.5 Å². The molecule has 2 N–H and O–H groups in total. The summed E-state index contributed by atoms with van der Waals surface area (Å²) in [5.74, 6) is 0. The van der Waals surface area contributed by atoms with Gasteiger partial charge >= 0.3 is 0 Å². The molecule has 86 valence electrons. The summed E-state index contributed by atoms with van der Waals surface area (Å²) in [6, 6.07) is 3.98. The maximum Gasteiger partial charge on any atom is 0.209 e. The summed E-state index contributed by atoms with van der Waals surface area (Å²) < 4.78 is 0. The second kappa shape index (κ2) is 4.94. The molecule has 0 aromatic carbocycles. The van der Waals surface area contributed by atoms with Crippen molar-refractivity contribution < 1.29 is 4.79 Å². The molecule has 0 bridgehead atoms. The Kier molecular flexibility index (Phi) is 3.36. The van der Waals surface area contributed by atoms with Gasteiger partial charge < -0.3 is 15.5 Å². The molecule has 1 aliphatic heterocycles. The number of hydrogen-bond acceptors (Lipinski definition) is 4. The standard InChI is InChI=1S/C11H16N4O/c12-7-10-1-2-11(8-13-10)15-5-3-14(9-16)4-6-15/h1-2,8-9H,3-7,12H2. The van der Waals surface area contributed by atoms with E-state index >= 15 is 0 Å². The van der Waals surface area contributed by atoms with E-state index in [2.05, 4.69) is 9.88 Å². The molecule has 0 unspecified atom stereocenters. The third kappa shape index (κ3) is 2.30. The van der Waals surface area contributed by atoms with Gasteiger partial charge in [0.2, 0.25) is 6.41 Å². The van der Waals surface area contributed by atoms with Crippen LogP contribution in [-0.2, 0) is 11.3 Å². The maximum absolute atomic E-state index is 10.6. The van der Waals surface area contributed by atoms with Gasteiger partial charge in [-0.2, -0.15) is 0 Å². The van der Waals surface area contributed by atoms with Gasteiger partial charge in [-0.25, -0.2) is 0 Å². The number of nitrogens with two attached hydrogens (primary N) is 1. The van der Waals surface area contributed by atoms with Crippen LogP contribution in [0.15, 0.2) is 18.3 Å². The van der Waals surface area contributed by atoms with E-state index < -0.39 is 0 Å². The summed E-state index contributed by atoms with van der Waals surface area (Å²) in [6.45, 7) is 3.76. The maximum atomic E-state index is 10.6.